The molecule has 0 aromatic heterocycles. The first-order chi connectivity index (χ1) is 14.5. The molecule has 3 aromatic rings. The van der Waals surface area contributed by atoms with Gasteiger partial charge >= 0.3 is 6.18 Å². The summed E-state index contributed by atoms with van der Waals surface area (Å²) in [6.07, 6.45) is -2.08. The standard InChI is InChI=1S/C23H24F3N.C2H4O2/c1-15-10-11-19(12-16(15)2)22(27)9-5-7-18-14-20(23(24,25)26)13-17-6-3-4-8-21(17)18;1-2(3)4/h3-4,6,8,10-14,22H,5,7,9,27H2,1-2H3;1H3,(H,3,4). The Morgan fingerprint density at radius 1 is 1.03 bits per heavy atom. The van der Waals surface area contributed by atoms with Crippen LogP contribution < -0.4 is 10.8 Å². The van der Waals surface area contributed by atoms with Gasteiger partial charge < -0.3 is 15.6 Å². The number of aryl methyl sites for hydroxylation is 3. The van der Waals surface area contributed by atoms with Crippen molar-refractivity contribution in [3.8, 4) is 0 Å². The first-order valence-corrected chi connectivity index (χ1v) is 10.2. The molecule has 3 nitrogen and oxygen atoms in total. The number of benzene rings is 3. The van der Waals surface area contributed by atoms with E-state index in [-0.39, 0.29) is 6.04 Å². The second-order valence-corrected chi connectivity index (χ2v) is 7.78. The van der Waals surface area contributed by atoms with Gasteiger partial charge in [-0.3, -0.25) is 0 Å². The topological polar surface area (TPSA) is 67.8 Å². The number of aliphatic carboxylic acids is 1. The highest BCUT2D eigenvalue weighted by Crippen LogP contribution is 2.34. The lowest BCUT2D eigenvalue weighted by Gasteiger charge is -2.14. The molecule has 0 bridgehead atoms. The molecule has 0 aliphatic rings. The average Bonchev–Trinajstić information content (AvgIpc) is 2.68. The van der Waals surface area contributed by atoms with Crippen molar-refractivity contribution < 1.29 is 28.8 Å². The number of carboxylic acids is 1. The normalized spacial score (nSPS) is 12.2. The molecule has 0 aliphatic carbocycles. The maximum Gasteiger partial charge on any atom is 0.416 e. The lowest BCUT2D eigenvalue weighted by Crippen LogP contribution is -2.53. The number of carboxylic acid groups (broad SMARTS) is 1. The van der Waals surface area contributed by atoms with E-state index in [1.54, 1.807) is 12.1 Å². The Labute approximate surface area is 180 Å². The third-order valence-corrected chi connectivity index (χ3v) is 5.28. The highest BCUT2D eigenvalue weighted by Gasteiger charge is 2.31. The van der Waals surface area contributed by atoms with Gasteiger partial charge in [0.1, 0.15) is 6.04 Å². The number of quaternary nitrogens is 1. The lowest BCUT2D eigenvalue weighted by atomic mass is 9.94. The maximum atomic E-state index is 13.2. The van der Waals surface area contributed by atoms with Crippen LogP contribution in [0.2, 0.25) is 0 Å². The van der Waals surface area contributed by atoms with Gasteiger partial charge in [-0.25, -0.2) is 0 Å². The lowest BCUT2D eigenvalue weighted by molar-refractivity contribution is -0.428. The summed E-state index contributed by atoms with van der Waals surface area (Å²) in [5.74, 6) is -1.08. The van der Waals surface area contributed by atoms with Crippen molar-refractivity contribution in [1.82, 2.24) is 0 Å². The van der Waals surface area contributed by atoms with Gasteiger partial charge in [0.25, 0.3) is 0 Å². The SMILES string of the molecule is CC(=O)[O-].Cc1ccc(C([NH3+])CCCc2cc(C(F)(F)F)cc3ccccc23)cc1C. The van der Waals surface area contributed by atoms with Crippen molar-refractivity contribution >= 4 is 16.7 Å². The molecular weight excluding hydrogens is 403 g/mol. The van der Waals surface area contributed by atoms with E-state index in [0.29, 0.717) is 11.8 Å². The second kappa shape index (κ2) is 10.4. The van der Waals surface area contributed by atoms with Gasteiger partial charge in [0.05, 0.1) is 5.56 Å². The molecule has 0 aliphatic heterocycles. The van der Waals surface area contributed by atoms with E-state index in [1.807, 2.05) is 12.1 Å². The van der Waals surface area contributed by atoms with Gasteiger partial charge in [-0.2, -0.15) is 13.2 Å². The van der Waals surface area contributed by atoms with Gasteiger partial charge in [0.2, 0.25) is 0 Å². The van der Waals surface area contributed by atoms with Crippen molar-refractivity contribution in [2.45, 2.75) is 52.3 Å². The molecule has 0 spiro atoms. The number of fused-ring (bicyclic) bond motifs is 1. The zero-order valence-electron chi connectivity index (χ0n) is 18.1. The van der Waals surface area contributed by atoms with Crippen LogP contribution in [0.25, 0.3) is 10.8 Å². The van der Waals surface area contributed by atoms with Gasteiger partial charge in [-0.1, -0.05) is 36.4 Å². The maximum absolute atomic E-state index is 13.2. The molecule has 3 rings (SSSR count). The Kier molecular flexibility index (Phi) is 8.22. The second-order valence-electron chi connectivity index (χ2n) is 7.78. The van der Waals surface area contributed by atoms with E-state index in [0.717, 1.165) is 30.7 Å². The first-order valence-electron chi connectivity index (χ1n) is 10.2. The van der Waals surface area contributed by atoms with Crippen molar-refractivity contribution in [3.63, 3.8) is 0 Å². The smallest absolute Gasteiger partial charge is 0.416 e. The van der Waals surface area contributed by atoms with E-state index in [1.165, 1.54) is 28.8 Å². The largest absolute Gasteiger partial charge is 0.550 e. The minimum absolute atomic E-state index is 0.140. The summed E-state index contributed by atoms with van der Waals surface area (Å²) in [7, 11) is 0. The van der Waals surface area contributed by atoms with Crippen molar-refractivity contribution in [3.05, 3.63) is 82.4 Å². The number of hydrogen-bond acceptors (Lipinski definition) is 2. The molecule has 31 heavy (non-hydrogen) atoms. The number of halogens is 3. The number of carbonyl (C=O) groups excluding carboxylic acids is 1. The zero-order valence-corrected chi connectivity index (χ0v) is 18.1. The van der Waals surface area contributed by atoms with Crippen LogP contribution in [0.5, 0.6) is 0 Å². The summed E-state index contributed by atoms with van der Waals surface area (Å²) in [6.45, 7) is 5.14. The molecule has 3 N–H and O–H groups in total. The van der Waals surface area contributed by atoms with E-state index < -0.39 is 17.7 Å². The fraction of sp³-hybridized carbons (Fsp3) is 0.320. The molecule has 1 atom stereocenters. The quantitative estimate of drug-likeness (QED) is 0.645. The van der Waals surface area contributed by atoms with Crippen molar-refractivity contribution in [2.24, 2.45) is 0 Å². The van der Waals surface area contributed by atoms with E-state index in [4.69, 9.17) is 9.90 Å². The molecule has 0 heterocycles. The Morgan fingerprint density at radius 2 is 1.68 bits per heavy atom. The molecule has 0 fully saturated rings. The molecule has 1 unspecified atom stereocenters. The van der Waals surface area contributed by atoms with Crippen LogP contribution in [-0.4, -0.2) is 5.97 Å². The van der Waals surface area contributed by atoms with Gasteiger partial charge in [-0.15, -0.1) is 0 Å². The zero-order chi connectivity index (χ0) is 23.2. The highest BCUT2D eigenvalue weighted by atomic mass is 19.4. The fourth-order valence-electron chi connectivity index (χ4n) is 3.48. The van der Waals surface area contributed by atoms with Crippen LogP contribution >= 0.6 is 0 Å². The van der Waals surface area contributed by atoms with Crippen LogP contribution in [0.3, 0.4) is 0 Å². The van der Waals surface area contributed by atoms with Crippen LogP contribution in [0, 0.1) is 13.8 Å². The number of hydrogen-bond donors (Lipinski definition) is 1. The predicted octanol–water partition coefficient (Wildman–Crippen LogP) is 4.54. The number of rotatable bonds is 5. The monoisotopic (exact) mass is 431 g/mol. The summed E-state index contributed by atoms with van der Waals surface area (Å²) >= 11 is 0. The van der Waals surface area contributed by atoms with Gasteiger partial charge in [0, 0.05) is 18.0 Å². The van der Waals surface area contributed by atoms with E-state index >= 15 is 0 Å². The van der Waals surface area contributed by atoms with Crippen molar-refractivity contribution in [2.75, 3.05) is 0 Å². The Hall–Kier alpha value is -2.86. The average molecular weight is 431 g/mol. The molecule has 3 aromatic carbocycles. The molecule has 0 radical (unpaired) electrons. The van der Waals surface area contributed by atoms with Crippen LogP contribution in [-0.2, 0) is 17.4 Å². The third kappa shape index (κ3) is 7.10. The number of alkyl halides is 3. The minimum Gasteiger partial charge on any atom is -0.550 e. The van der Waals surface area contributed by atoms with Crippen LogP contribution in [0.4, 0.5) is 13.2 Å². The Morgan fingerprint density at radius 3 is 2.29 bits per heavy atom. The summed E-state index contributed by atoms with van der Waals surface area (Å²) < 4.78 is 39.7. The fourth-order valence-corrected chi connectivity index (χ4v) is 3.48. The minimum atomic E-state index is -4.33. The predicted molar refractivity (Wildman–Crippen MR) is 114 cm³/mol. The van der Waals surface area contributed by atoms with Crippen LogP contribution in [0.15, 0.2) is 54.6 Å². The molecule has 6 heteroatoms. The molecule has 166 valence electrons. The van der Waals surface area contributed by atoms with Gasteiger partial charge in [0.15, 0.2) is 0 Å². The van der Waals surface area contributed by atoms with Crippen LogP contribution in [0.1, 0.15) is 53.6 Å². The Balaban J connectivity index is 0.000000785. The first kappa shape index (κ1) is 24.4. The van der Waals surface area contributed by atoms with Gasteiger partial charge in [-0.05, 0) is 79.3 Å². The summed E-state index contributed by atoms with van der Waals surface area (Å²) in [5, 5.41) is 10.4. The molecular formula is C25H28F3NO2. The third-order valence-electron chi connectivity index (χ3n) is 5.28. The molecule has 0 amide bonds. The number of carbonyl (C=O) groups is 1. The summed E-state index contributed by atoms with van der Waals surface area (Å²) in [4.78, 5) is 8.89. The summed E-state index contributed by atoms with van der Waals surface area (Å²) in [6, 6.07) is 16.3. The highest BCUT2D eigenvalue weighted by molar-refractivity contribution is 5.86. The van der Waals surface area contributed by atoms with Crippen molar-refractivity contribution in [1.29, 1.82) is 0 Å². The summed E-state index contributed by atoms with van der Waals surface area (Å²) in [5.41, 5.74) is 8.11. The Bertz CT molecular complexity index is 1040. The molecule has 0 saturated carbocycles. The van der Waals surface area contributed by atoms with E-state index in [9.17, 15) is 13.2 Å². The van der Waals surface area contributed by atoms with E-state index in [2.05, 4.69) is 37.8 Å². The molecule has 0 saturated heterocycles.